The largest absolute Gasteiger partial charge is 0.463 e. The van der Waals surface area contributed by atoms with Crippen LogP contribution in [0.5, 0.6) is 0 Å². The molecule has 0 saturated heterocycles. The number of imidazole rings is 1. The monoisotopic (exact) mass is 233 g/mol. The van der Waals surface area contributed by atoms with Crippen LogP contribution < -0.4 is 5.73 Å². The average molecular weight is 233 g/mol. The van der Waals surface area contributed by atoms with Crippen molar-refractivity contribution in [3.05, 3.63) is 29.9 Å². The molecular weight excluding hydrogens is 214 g/mol. The van der Waals surface area contributed by atoms with E-state index >= 15 is 0 Å². The van der Waals surface area contributed by atoms with Crippen LogP contribution in [-0.4, -0.2) is 9.97 Å². The Morgan fingerprint density at radius 3 is 2.65 bits per heavy atom. The van der Waals surface area contributed by atoms with Crippen LogP contribution in [-0.2, 0) is 5.54 Å². The first kappa shape index (κ1) is 11.9. The van der Waals surface area contributed by atoms with Crippen LogP contribution in [0.25, 0.3) is 11.5 Å². The summed E-state index contributed by atoms with van der Waals surface area (Å²) in [6.07, 6.45) is 3.36. The van der Waals surface area contributed by atoms with Gasteiger partial charge in [-0.05, 0) is 31.9 Å². The van der Waals surface area contributed by atoms with Gasteiger partial charge in [-0.1, -0.05) is 13.8 Å². The molecule has 2 aromatic rings. The summed E-state index contributed by atoms with van der Waals surface area (Å²) in [5.74, 6) is 1.62. The molecule has 0 aliphatic carbocycles. The van der Waals surface area contributed by atoms with E-state index in [0.29, 0.717) is 0 Å². The molecular formula is C13H19N3O. The topological polar surface area (TPSA) is 67.8 Å². The van der Waals surface area contributed by atoms with E-state index in [9.17, 15) is 0 Å². The molecule has 4 heteroatoms. The van der Waals surface area contributed by atoms with Crippen molar-refractivity contribution in [1.29, 1.82) is 0 Å². The lowest BCUT2D eigenvalue weighted by atomic mass is 9.93. The van der Waals surface area contributed by atoms with Crippen molar-refractivity contribution in [2.75, 3.05) is 0 Å². The molecule has 0 aliphatic rings. The summed E-state index contributed by atoms with van der Waals surface area (Å²) < 4.78 is 5.37. The third-order valence-electron chi connectivity index (χ3n) is 3.37. The molecule has 0 spiro atoms. The van der Waals surface area contributed by atoms with Crippen LogP contribution in [0.4, 0.5) is 0 Å². The fourth-order valence-corrected chi connectivity index (χ4v) is 1.93. The van der Waals surface area contributed by atoms with Gasteiger partial charge in [0.15, 0.2) is 5.76 Å². The first-order valence-electron chi connectivity index (χ1n) is 6.00. The zero-order valence-electron chi connectivity index (χ0n) is 10.6. The van der Waals surface area contributed by atoms with Gasteiger partial charge in [0.05, 0.1) is 11.8 Å². The standard InChI is InChI=1S/C13H19N3O/c1-4-13(14,5-2)12-15-9(3)11(16-12)10-7-6-8-17-10/h6-8H,4-5,14H2,1-3H3,(H,15,16). The summed E-state index contributed by atoms with van der Waals surface area (Å²) in [5, 5.41) is 0. The Kier molecular flexibility index (Phi) is 3.07. The Morgan fingerprint density at radius 1 is 1.41 bits per heavy atom. The highest BCUT2D eigenvalue weighted by molar-refractivity contribution is 5.55. The Balaban J connectivity index is 2.44. The van der Waals surface area contributed by atoms with E-state index in [1.807, 2.05) is 19.1 Å². The van der Waals surface area contributed by atoms with Crippen LogP contribution in [0.1, 0.15) is 38.2 Å². The minimum absolute atomic E-state index is 0.379. The molecule has 0 radical (unpaired) electrons. The summed E-state index contributed by atoms with van der Waals surface area (Å²) in [5.41, 5.74) is 7.79. The third kappa shape index (κ3) is 2.00. The molecule has 0 bridgehead atoms. The summed E-state index contributed by atoms with van der Waals surface area (Å²) in [6, 6.07) is 3.77. The summed E-state index contributed by atoms with van der Waals surface area (Å²) in [6.45, 7) is 6.14. The van der Waals surface area contributed by atoms with Gasteiger partial charge in [0, 0.05) is 5.69 Å². The maximum absolute atomic E-state index is 6.33. The number of rotatable bonds is 4. The van der Waals surface area contributed by atoms with Crippen molar-refractivity contribution in [1.82, 2.24) is 9.97 Å². The number of nitrogens with two attached hydrogens (primary N) is 1. The van der Waals surface area contributed by atoms with E-state index in [1.165, 1.54) is 0 Å². The number of aromatic nitrogens is 2. The van der Waals surface area contributed by atoms with Gasteiger partial charge in [0.25, 0.3) is 0 Å². The van der Waals surface area contributed by atoms with Gasteiger partial charge in [-0.2, -0.15) is 0 Å². The number of hydrogen-bond donors (Lipinski definition) is 2. The van der Waals surface area contributed by atoms with Crippen LogP contribution in [0.2, 0.25) is 0 Å². The summed E-state index contributed by atoms with van der Waals surface area (Å²) in [4.78, 5) is 7.87. The van der Waals surface area contributed by atoms with Gasteiger partial charge in [-0.25, -0.2) is 4.98 Å². The first-order chi connectivity index (χ1) is 8.10. The second-order valence-corrected chi connectivity index (χ2v) is 4.40. The fraction of sp³-hybridized carbons (Fsp3) is 0.462. The number of furan rings is 1. The second-order valence-electron chi connectivity index (χ2n) is 4.40. The van der Waals surface area contributed by atoms with E-state index in [4.69, 9.17) is 10.2 Å². The number of aryl methyl sites for hydroxylation is 1. The smallest absolute Gasteiger partial charge is 0.154 e. The number of nitrogens with one attached hydrogen (secondary N) is 1. The highest BCUT2D eigenvalue weighted by Gasteiger charge is 2.28. The van der Waals surface area contributed by atoms with Crippen molar-refractivity contribution in [2.45, 2.75) is 39.2 Å². The van der Waals surface area contributed by atoms with Crippen molar-refractivity contribution in [3.8, 4) is 11.5 Å². The molecule has 0 aliphatic heterocycles. The van der Waals surface area contributed by atoms with E-state index < -0.39 is 0 Å². The number of H-pyrrole nitrogens is 1. The fourth-order valence-electron chi connectivity index (χ4n) is 1.93. The zero-order chi connectivity index (χ0) is 12.5. The summed E-state index contributed by atoms with van der Waals surface area (Å²) in [7, 11) is 0. The minimum Gasteiger partial charge on any atom is -0.463 e. The van der Waals surface area contributed by atoms with Crippen molar-refractivity contribution < 1.29 is 4.42 Å². The van der Waals surface area contributed by atoms with Crippen molar-refractivity contribution in [2.24, 2.45) is 5.73 Å². The lowest BCUT2D eigenvalue weighted by molar-refractivity contribution is 0.390. The van der Waals surface area contributed by atoms with Gasteiger partial charge in [0.2, 0.25) is 0 Å². The van der Waals surface area contributed by atoms with Crippen LogP contribution in [0.3, 0.4) is 0 Å². The molecule has 3 N–H and O–H groups in total. The predicted octanol–water partition coefficient (Wildman–Crippen LogP) is 2.95. The quantitative estimate of drug-likeness (QED) is 0.853. The Bertz CT molecular complexity index is 481. The SMILES string of the molecule is CCC(N)(CC)c1nc(-c2ccco2)c(C)[nH]1. The van der Waals surface area contributed by atoms with Gasteiger partial charge >= 0.3 is 0 Å². The molecule has 0 aromatic carbocycles. The minimum atomic E-state index is -0.379. The molecule has 17 heavy (non-hydrogen) atoms. The molecule has 2 rings (SSSR count). The normalized spacial score (nSPS) is 12.0. The van der Waals surface area contributed by atoms with E-state index in [-0.39, 0.29) is 5.54 Å². The lowest BCUT2D eigenvalue weighted by Gasteiger charge is -2.23. The zero-order valence-corrected chi connectivity index (χ0v) is 10.6. The second kappa shape index (κ2) is 4.37. The molecule has 2 aromatic heterocycles. The van der Waals surface area contributed by atoms with Crippen LogP contribution >= 0.6 is 0 Å². The van der Waals surface area contributed by atoms with Crippen LogP contribution in [0.15, 0.2) is 22.8 Å². The predicted molar refractivity (Wildman–Crippen MR) is 67.5 cm³/mol. The number of nitrogens with zero attached hydrogens (tertiary/aromatic N) is 1. The maximum atomic E-state index is 6.33. The molecule has 0 amide bonds. The maximum Gasteiger partial charge on any atom is 0.154 e. The molecule has 0 fully saturated rings. The van der Waals surface area contributed by atoms with E-state index in [0.717, 1.165) is 35.8 Å². The average Bonchev–Trinajstić information content (AvgIpc) is 2.96. The van der Waals surface area contributed by atoms with Gasteiger partial charge in [-0.3, -0.25) is 0 Å². The van der Waals surface area contributed by atoms with Crippen LogP contribution in [0, 0.1) is 6.92 Å². The third-order valence-corrected chi connectivity index (χ3v) is 3.37. The first-order valence-corrected chi connectivity index (χ1v) is 6.00. The van der Waals surface area contributed by atoms with E-state index in [1.54, 1.807) is 6.26 Å². The van der Waals surface area contributed by atoms with Crippen molar-refractivity contribution in [3.63, 3.8) is 0 Å². The van der Waals surface area contributed by atoms with Gasteiger partial charge in [-0.15, -0.1) is 0 Å². The molecule has 0 unspecified atom stereocenters. The summed E-state index contributed by atoms with van der Waals surface area (Å²) >= 11 is 0. The molecule has 0 atom stereocenters. The Labute approximate surface area is 101 Å². The highest BCUT2D eigenvalue weighted by atomic mass is 16.3. The number of hydrogen-bond acceptors (Lipinski definition) is 3. The van der Waals surface area contributed by atoms with Crippen molar-refractivity contribution >= 4 is 0 Å². The molecule has 92 valence electrons. The highest BCUT2D eigenvalue weighted by Crippen LogP contribution is 2.28. The Hall–Kier alpha value is -1.55. The Morgan fingerprint density at radius 2 is 2.12 bits per heavy atom. The molecule has 2 heterocycles. The lowest BCUT2D eigenvalue weighted by Crippen LogP contribution is -2.36. The van der Waals surface area contributed by atoms with Gasteiger partial charge in [0.1, 0.15) is 11.5 Å². The molecule has 0 saturated carbocycles. The van der Waals surface area contributed by atoms with E-state index in [2.05, 4.69) is 23.8 Å². The van der Waals surface area contributed by atoms with Gasteiger partial charge < -0.3 is 15.1 Å². The number of aromatic amines is 1. The molecule has 4 nitrogen and oxygen atoms in total.